The fraction of sp³-hybridized carbons (Fsp3) is 1.00. The largest absolute Gasteiger partial charge is 1.00 e. The van der Waals surface area contributed by atoms with Crippen LogP contribution in [-0.4, -0.2) is 117 Å². The summed E-state index contributed by atoms with van der Waals surface area (Å²) in [5.74, 6) is 0. The molecular formula is C47H102Cl3N3O2. The van der Waals surface area contributed by atoms with E-state index >= 15 is 0 Å². The van der Waals surface area contributed by atoms with E-state index in [1.165, 1.54) is 193 Å². The molecule has 2 N–H and O–H groups in total. The van der Waals surface area contributed by atoms with E-state index in [-0.39, 0.29) is 49.4 Å². The smallest absolute Gasteiger partial charge is 0.152 e. The van der Waals surface area contributed by atoms with Crippen LogP contribution in [0.25, 0.3) is 0 Å². The molecule has 0 rings (SSSR count). The van der Waals surface area contributed by atoms with Crippen molar-refractivity contribution in [2.45, 2.75) is 226 Å². The maximum absolute atomic E-state index is 11.5. The van der Waals surface area contributed by atoms with E-state index in [0.717, 1.165) is 59.3 Å². The number of unbranched alkanes of at least 4 members (excludes halogenated alkanes) is 27. The fourth-order valence-electron chi connectivity index (χ4n) is 8.75. The number of quaternary nitrogens is 3. The van der Waals surface area contributed by atoms with Gasteiger partial charge in [-0.2, -0.15) is 0 Å². The first-order valence-corrected chi connectivity index (χ1v) is 23.7. The SMILES string of the molecule is CCCCCCCCCCCC[N+](C)(C)CC(O)C[N+](C)(CCCCCCCCCCCC)CC(O)C[N+](C)(C)CCCCCCCCCCCC.[Cl-].[Cl-].[Cl-]. The molecule has 0 fully saturated rings. The molecule has 0 radical (unpaired) electrons. The molecule has 0 aliphatic heterocycles. The maximum Gasteiger partial charge on any atom is 0.152 e. The van der Waals surface area contributed by atoms with E-state index in [9.17, 15) is 10.2 Å². The lowest BCUT2D eigenvalue weighted by Gasteiger charge is -2.41. The zero-order valence-electron chi connectivity index (χ0n) is 38.7. The Kier molecular flexibility index (Phi) is 46.9. The van der Waals surface area contributed by atoms with E-state index in [4.69, 9.17) is 0 Å². The summed E-state index contributed by atoms with van der Waals surface area (Å²) in [4.78, 5) is 0. The summed E-state index contributed by atoms with van der Waals surface area (Å²) < 4.78 is 2.57. The molecule has 8 heteroatoms. The average molecular weight is 848 g/mol. The van der Waals surface area contributed by atoms with Crippen LogP contribution >= 0.6 is 0 Å². The van der Waals surface area contributed by atoms with Gasteiger partial charge in [-0.3, -0.25) is 0 Å². The van der Waals surface area contributed by atoms with Gasteiger partial charge in [0.05, 0.1) is 54.9 Å². The van der Waals surface area contributed by atoms with Gasteiger partial charge >= 0.3 is 0 Å². The van der Waals surface area contributed by atoms with Crippen LogP contribution in [0.15, 0.2) is 0 Å². The summed E-state index contributed by atoms with van der Waals surface area (Å²) in [5, 5.41) is 23.1. The summed E-state index contributed by atoms with van der Waals surface area (Å²) in [5.41, 5.74) is 0. The normalized spacial score (nSPS) is 14.1. The zero-order chi connectivity index (χ0) is 38.8. The van der Waals surface area contributed by atoms with Crippen molar-refractivity contribution in [3.63, 3.8) is 0 Å². The Bertz CT molecular complexity index is 713. The topological polar surface area (TPSA) is 40.5 Å². The molecule has 0 amide bonds. The third-order valence-corrected chi connectivity index (χ3v) is 12.0. The second-order valence-corrected chi connectivity index (χ2v) is 19.2. The summed E-state index contributed by atoms with van der Waals surface area (Å²) in [6.45, 7) is 13.3. The van der Waals surface area contributed by atoms with Gasteiger partial charge in [0.25, 0.3) is 0 Å². The zero-order valence-corrected chi connectivity index (χ0v) is 41.0. The van der Waals surface area contributed by atoms with Gasteiger partial charge in [0, 0.05) is 0 Å². The average Bonchev–Trinajstić information content (AvgIpc) is 3.06. The van der Waals surface area contributed by atoms with Gasteiger partial charge in [0.1, 0.15) is 26.2 Å². The highest BCUT2D eigenvalue weighted by molar-refractivity contribution is 4.61. The van der Waals surface area contributed by atoms with Crippen LogP contribution in [0.5, 0.6) is 0 Å². The number of aliphatic hydroxyl groups excluding tert-OH is 2. The standard InChI is InChI=1S/C47H102N3O2.3ClH/c1-9-12-15-18-21-24-27-30-33-36-39-48(4,5)42-46(51)44-50(8,41-38-35-32-29-26-23-20-17-14-11-3)45-47(52)43-49(6,7)40-37-34-31-28-25-22-19-16-13-10-2;;;/h46-47,51-52H,9-45H2,1-8H3;3*1H/q+3;;;/p-3. The quantitative estimate of drug-likeness (QED) is 0.0735. The van der Waals surface area contributed by atoms with Crippen molar-refractivity contribution in [2.24, 2.45) is 0 Å². The van der Waals surface area contributed by atoms with E-state index < -0.39 is 0 Å². The highest BCUT2D eigenvalue weighted by atomic mass is 35.5. The molecule has 0 heterocycles. The van der Waals surface area contributed by atoms with Gasteiger partial charge < -0.3 is 60.9 Å². The van der Waals surface area contributed by atoms with Gasteiger partial charge in [-0.25, -0.2) is 0 Å². The molecule has 0 saturated heterocycles. The number of hydrogen-bond acceptors (Lipinski definition) is 2. The van der Waals surface area contributed by atoms with Crippen LogP contribution in [0, 0.1) is 0 Å². The van der Waals surface area contributed by atoms with Crippen LogP contribution in [0.1, 0.15) is 213 Å². The number of hydrogen-bond donors (Lipinski definition) is 2. The summed E-state index contributed by atoms with van der Waals surface area (Å²) in [7, 11) is 11.6. The predicted molar refractivity (Wildman–Crippen MR) is 232 cm³/mol. The van der Waals surface area contributed by atoms with Crippen molar-refractivity contribution in [2.75, 3.05) is 81.1 Å². The number of aliphatic hydroxyl groups is 2. The molecule has 0 aromatic rings. The van der Waals surface area contributed by atoms with Crippen LogP contribution < -0.4 is 37.2 Å². The van der Waals surface area contributed by atoms with Crippen molar-refractivity contribution in [3.8, 4) is 0 Å². The van der Waals surface area contributed by atoms with Gasteiger partial charge in [0.15, 0.2) is 12.2 Å². The van der Waals surface area contributed by atoms with E-state index in [2.05, 4.69) is 56.0 Å². The molecule has 55 heavy (non-hydrogen) atoms. The van der Waals surface area contributed by atoms with Crippen molar-refractivity contribution in [1.29, 1.82) is 0 Å². The molecule has 0 aromatic carbocycles. The van der Waals surface area contributed by atoms with E-state index in [1.54, 1.807) is 0 Å². The first kappa shape index (κ1) is 62.3. The van der Waals surface area contributed by atoms with Gasteiger partial charge in [0.2, 0.25) is 0 Å². The molecule has 2 atom stereocenters. The van der Waals surface area contributed by atoms with Crippen LogP contribution in [0.3, 0.4) is 0 Å². The fourth-order valence-corrected chi connectivity index (χ4v) is 8.75. The van der Waals surface area contributed by atoms with Crippen LogP contribution in [0.4, 0.5) is 0 Å². The van der Waals surface area contributed by atoms with Crippen molar-refractivity contribution < 1.29 is 60.9 Å². The summed E-state index contributed by atoms with van der Waals surface area (Å²) in [6.07, 6.45) is 40.1. The number of halogens is 3. The second-order valence-electron chi connectivity index (χ2n) is 19.2. The summed E-state index contributed by atoms with van der Waals surface area (Å²) in [6, 6.07) is 0. The lowest BCUT2D eigenvalue weighted by atomic mass is 10.1. The van der Waals surface area contributed by atoms with Crippen molar-refractivity contribution in [1.82, 2.24) is 0 Å². The third-order valence-electron chi connectivity index (χ3n) is 12.0. The van der Waals surface area contributed by atoms with Gasteiger partial charge in [-0.05, 0) is 38.5 Å². The first-order valence-electron chi connectivity index (χ1n) is 23.7. The molecule has 338 valence electrons. The Labute approximate surface area is 365 Å². The minimum atomic E-state index is -0.340. The Hall–Kier alpha value is 0.670. The Balaban J connectivity index is -0.00000433. The monoisotopic (exact) mass is 846 g/mol. The highest BCUT2D eigenvalue weighted by Gasteiger charge is 2.33. The van der Waals surface area contributed by atoms with Crippen molar-refractivity contribution in [3.05, 3.63) is 0 Å². The molecule has 2 unspecified atom stereocenters. The van der Waals surface area contributed by atoms with Crippen LogP contribution in [-0.2, 0) is 0 Å². The predicted octanol–water partition coefficient (Wildman–Crippen LogP) is 3.08. The van der Waals surface area contributed by atoms with E-state index in [1.807, 2.05) is 0 Å². The van der Waals surface area contributed by atoms with Crippen LogP contribution in [0.2, 0.25) is 0 Å². The Morgan fingerprint density at radius 1 is 0.291 bits per heavy atom. The number of rotatable bonds is 41. The summed E-state index contributed by atoms with van der Waals surface area (Å²) >= 11 is 0. The maximum atomic E-state index is 11.5. The molecule has 0 aliphatic rings. The molecule has 0 aliphatic carbocycles. The molecule has 0 bridgehead atoms. The Morgan fingerprint density at radius 2 is 0.491 bits per heavy atom. The van der Waals surface area contributed by atoms with Gasteiger partial charge in [-0.15, -0.1) is 0 Å². The highest BCUT2D eigenvalue weighted by Crippen LogP contribution is 2.18. The lowest BCUT2D eigenvalue weighted by molar-refractivity contribution is -0.935. The number of likely N-dealkylation sites (N-methyl/N-ethyl adjacent to an activating group) is 3. The second kappa shape index (κ2) is 41.4. The van der Waals surface area contributed by atoms with E-state index in [0.29, 0.717) is 0 Å². The molecule has 0 saturated carbocycles. The minimum Gasteiger partial charge on any atom is -1.00 e. The molecule has 0 spiro atoms. The minimum absolute atomic E-state index is 0. The number of nitrogens with zero attached hydrogens (tertiary/aromatic N) is 3. The molecule has 5 nitrogen and oxygen atoms in total. The van der Waals surface area contributed by atoms with Gasteiger partial charge in [-0.1, -0.05) is 175 Å². The third kappa shape index (κ3) is 42.6. The Morgan fingerprint density at radius 3 is 0.727 bits per heavy atom. The molecular weight excluding hydrogens is 745 g/mol. The first-order chi connectivity index (χ1) is 24.9. The van der Waals surface area contributed by atoms with Crippen molar-refractivity contribution >= 4 is 0 Å². The molecule has 0 aromatic heterocycles. The lowest BCUT2D eigenvalue weighted by Crippen LogP contribution is -3.00.